The Balaban J connectivity index is 2.14. The third-order valence-corrected chi connectivity index (χ3v) is 3.53. The number of carbonyl (C=O) groups is 1. The van der Waals surface area contributed by atoms with E-state index in [2.05, 4.69) is 31.9 Å². The molecule has 0 aliphatic carbocycles. The number of nitrogens with zero attached hydrogens (tertiary/aromatic N) is 3. The molecule has 0 fully saturated rings. The minimum Gasteiger partial charge on any atom is -0.495 e. The summed E-state index contributed by atoms with van der Waals surface area (Å²) in [5, 5.41) is 3.18. The molecular weight excluding hydrogens is 338 g/mol. The number of aromatic nitrogens is 3. The van der Waals surface area contributed by atoms with Gasteiger partial charge in [0.1, 0.15) is 18.1 Å². The van der Waals surface area contributed by atoms with E-state index in [9.17, 15) is 4.79 Å². The van der Waals surface area contributed by atoms with E-state index in [1.807, 2.05) is 0 Å². The maximum absolute atomic E-state index is 11.6. The monoisotopic (exact) mass is 361 g/mol. The third-order valence-electron chi connectivity index (χ3n) is 3.53. The first-order valence-corrected chi connectivity index (χ1v) is 8.19. The summed E-state index contributed by atoms with van der Waals surface area (Å²) >= 11 is 0. The Morgan fingerprint density at radius 3 is 2.73 bits per heavy atom. The Hall–Kier alpha value is -3.10. The Kier molecular flexibility index (Phi) is 6.95. The summed E-state index contributed by atoms with van der Waals surface area (Å²) in [5.74, 6) is 1.07. The summed E-state index contributed by atoms with van der Waals surface area (Å²) in [6.45, 7) is 2.96. The Bertz CT molecular complexity index is 754. The number of ether oxygens (including phenoxy) is 3. The molecule has 0 bridgehead atoms. The summed E-state index contributed by atoms with van der Waals surface area (Å²) < 4.78 is 15.7. The Labute approximate surface area is 151 Å². The second kappa shape index (κ2) is 9.40. The van der Waals surface area contributed by atoms with Crippen molar-refractivity contribution < 1.29 is 19.0 Å². The van der Waals surface area contributed by atoms with E-state index in [0.29, 0.717) is 28.6 Å². The molecule has 2 heterocycles. The molecule has 0 saturated carbocycles. The van der Waals surface area contributed by atoms with Crippen LogP contribution in [-0.2, 0) is 11.3 Å². The maximum Gasteiger partial charge on any atom is 0.339 e. The van der Waals surface area contributed by atoms with Crippen LogP contribution in [0, 0.1) is 0 Å². The molecule has 0 aliphatic heterocycles. The summed E-state index contributed by atoms with van der Waals surface area (Å²) in [4.78, 5) is 23.9. The molecule has 0 spiro atoms. The van der Waals surface area contributed by atoms with Gasteiger partial charge >= 0.3 is 5.97 Å². The van der Waals surface area contributed by atoms with E-state index in [0.717, 1.165) is 19.4 Å². The van der Waals surface area contributed by atoms with Crippen LogP contribution in [0.5, 0.6) is 11.5 Å². The Morgan fingerprint density at radius 2 is 2.04 bits per heavy atom. The molecule has 3 N–H and O–H groups in total. The van der Waals surface area contributed by atoms with Gasteiger partial charge in [-0.15, -0.1) is 0 Å². The highest BCUT2D eigenvalue weighted by Gasteiger charge is 2.14. The van der Waals surface area contributed by atoms with E-state index < -0.39 is 5.97 Å². The second-order valence-electron chi connectivity index (χ2n) is 5.37. The lowest BCUT2D eigenvalue weighted by Gasteiger charge is -2.13. The molecule has 2 aromatic heterocycles. The van der Waals surface area contributed by atoms with Crippen LogP contribution in [0.15, 0.2) is 18.5 Å². The zero-order chi connectivity index (χ0) is 18.9. The minimum atomic E-state index is -0.488. The van der Waals surface area contributed by atoms with Crippen LogP contribution in [0.3, 0.4) is 0 Å². The average Bonchev–Trinajstić information content (AvgIpc) is 2.66. The van der Waals surface area contributed by atoms with Gasteiger partial charge in [0.25, 0.3) is 0 Å². The molecule has 0 aliphatic rings. The van der Waals surface area contributed by atoms with Gasteiger partial charge in [0.15, 0.2) is 11.6 Å². The van der Waals surface area contributed by atoms with Crippen molar-refractivity contribution in [2.24, 2.45) is 0 Å². The molecule has 9 heteroatoms. The predicted molar refractivity (Wildman–Crippen MR) is 96.3 cm³/mol. The van der Waals surface area contributed by atoms with Gasteiger partial charge < -0.3 is 25.3 Å². The van der Waals surface area contributed by atoms with Crippen LogP contribution >= 0.6 is 0 Å². The molecule has 26 heavy (non-hydrogen) atoms. The van der Waals surface area contributed by atoms with Gasteiger partial charge in [-0.3, -0.25) is 4.98 Å². The molecule has 0 radical (unpaired) electrons. The quantitative estimate of drug-likeness (QED) is 0.510. The highest BCUT2D eigenvalue weighted by atomic mass is 16.5. The van der Waals surface area contributed by atoms with Crippen molar-refractivity contribution in [3.8, 4) is 11.5 Å². The number of rotatable bonds is 9. The summed E-state index contributed by atoms with van der Waals surface area (Å²) in [6.07, 6.45) is 4.96. The van der Waals surface area contributed by atoms with E-state index in [-0.39, 0.29) is 12.6 Å². The third kappa shape index (κ3) is 4.95. The SMILES string of the molecule is CCCCNc1nc(N)ncc1OCc1ncc(C(=O)OC)cc1OC. The molecule has 2 rings (SSSR count). The smallest absolute Gasteiger partial charge is 0.339 e. The summed E-state index contributed by atoms with van der Waals surface area (Å²) in [5.41, 5.74) is 6.47. The van der Waals surface area contributed by atoms with Gasteiger partial charge in [-0.25, -0.2) is 9.78 Å². The number of pyridine rings is 1. The fraction of sp³-hybridized carbons (Fsp3) is 0.412. The standard InChI is InChI=1S/C17H23N5O4/c1-4-5-6-19-15-14(9-21-17(18)22-15)26-10-12-13(24-2)7-11(8-20-12)16(23)25-3/h7-9H,4-6,10H2,1-3H3,(H3,18,19,21,22). The molecule has 0 atom stereocenters. The highest BCUT2D eigenvalue weighted by Crippen LogP contribution is 2.25. The molecule has 0 saturated heterocycles. The van der Waals surface area contributed by atoms with Gasteiger partial charge in [-0.1, -0.05) is 13.3 Å². The number of hydrogen-bond donors (Lipinski definition) is 2. The van der Waals surface area contributed by atoms with Crippen LogP contribution in [0.4, 0.5) is 11.8 Å². The van der Waals surface area contributed by atoms with Crippen molar-refractivity contribution in [3.05, 3.63) is 29.7 Å². The summed E-state index contributed by atoms with van der Waals surface area (Å²) in [6, 6.07) is 1.55. The van der Waals surface area contributed by atoms with Gasteiger partial charge in [-0.05, 0) is 12.5 Å². The topological polar surface area (TPSA) is 121 Å². The van der Waals surface area contributed by atoms with Gasteiger partial charge in [0, 0.05) is 12.7 Å². The van der Waals surface area contributed by atoms with Crippen molar-refractivity contribution in [2.75, 3.05) is 31.8 Å². The van der Waals surface area contributed by atoms with Gasteiger partial charge in [0.05, 0.1) is 26.0 Å². The number of nitrogen functional groups attached to an aromatic ring is 1. The van der Waals surface area contributed by atoms with E-state index in [1.165, 1.54) is 26.6 Å². The van der Waals surface area contributed by atoms with Crippen molar-refractivity contribution in [1.29, 1.82) is 0 Å². The van der Waals surface area contributed by atoms with Crippen LogP contribution in [0.2, 0.25) is 0 Å². The van der Waals surface area contributed by atoms with Crippen molar-refractivity contribution in [2.45, 2.75) is 26.4 Å². The number of esters is 1. The highest BCUT2D eigenvalue weighted by molar-refractivity contribution is 5.89. The lowest BCUT2D eigenvalue weighted by molar-refractivity contribution is 0.0599. The number of hydrogen-bond acceptors (Lipinski definition) is 9. The zero-order valence-electron chi connectivity index (χ0n) is 15.1. The summed E-state index contributed by atoms with van der Waals surface area (Å²) in [7, 11) is 2.80. The second-order valence-corrected chi connectivity index (χ2v) is 5.37. The molecule has 9 nitrogen and oxygen atoms in total. The minimum absolute atomic E-state index is 0.111. The van der Waals surface area contributed by atoms with Gasteiger partial charge in [0.2, 0.25) is 5.95 Å². The Morgan fingerprint density at radius 1 is 1.23 bits per heavy atom. The molecule has 0 unspecified atom stereocenters. The average molecular weight is 361 g/mol. The number of methoxy groups -OCH3 is 2. The molecule has 0 aromatic carbocycles. The van der Waals surface area contributed by atoms with E-state index in [1.54, 1.807) is 6.07 Å². The number of anilines is 2. The van der Waals surface area contributed by atoms with Crippen molar-refractivity contribution in [3.63, 3.8) is 0 Å². The zero-order valence-corrected chi connectivity index (χ0v) is 15.1. The normalized spacial score (nSPS) is 10.3. The number of unbranched alkanes of at least 4 members (excludes halogenated alkanes) is 1. The number of carbonyl (C=O) groups excluding carboxylic acids is 1. The van der Waals surface area contributed by atoms with Crippen molar-refractivity contribution >= 4 is 17.7 Å². The van der Waals surface area contributed by atoms with E-state index >= 15 is 0 Å². The van der Waals surface area contributed by atoms with E-state index in [4.69, 9.17) is 15.2 Å². The lowest BCUT2D eigenvalue weighted by atomic mass is 10.2. The first kappa shape index (κ1) is 19.2. The lowest BCUT2D eigenvalue weighted by Crippen LogP contribution is -2.10. The fourth-order valence-corrected chi connectivity index (χ4v) is 2.13. The first-order chi connectivity index (χ1) is 12.6. The number of nitrogens with two attached hydrogens (primary N) is 1. The molecule has 2 aromatic rings. The van der Waals surface area contributed by atoms with Crippen LogP contribution in [0.25, 0.3) is 0 Å². The molecular formula is C17H23N5O4. The van der Waals surface area contributed by atoms with Crippen molar-refractivity contribution in [1.82, 2.24) is 15.0 Å². The largest absolute Gasteiger partial charge is 0.495 e. The molecule has 0 amide bonds. The fourth-order valence-electron chi connectivity index (χ4n) is 2.13. The maximum atomic E-state index is 11.6. The first-order valence-electron chi connectivity index (χ1n) is 8.19. The predicted octanol–water partition coefficient (Wildman–Crippen LogP) is 2.04. The van der Waals surface area contributed by atoms with Gasteiger partial charge in [-0.2, -0.15) is 4.98 Å². The number of nitrogens with one attached hydrogen (secondary N) is 1. The van der Waals surface area contributed by atoms with Crippen LogP contribution < -0.4 is 20.5 Å². The van der Waals surface area contributed by atoms with Crippen LogP contribution in [-0.4, -0.2) is 41.7 Å². The van der Waals surface area contributed by atoms with Crippen LogP contribution in [0.1, 0.15) is 35.8 Å². The molecule has 140 valence electrons.